The average Bonchev–Trinajstić information content (AvgIpc) is 3.18. The summed E-state index contributed by atoms with van der Waals surface area (Å²) >= 11 is 0. The molecule has 0 saturated heterocycles. The van der Waals surface area contributed by atoms with Gasteiger partial charge in [-0.2, -0.15) is 5.10 Å². The van der Waals surface area contributed by atoms with Crippen LogP contribution in [0.1, 0.15) is 23.0 Å². The van der Waals surface area contributed by atoms with E-state index < -0.39 is 0 Å². The third-order valence-corrected chi connectivity index (χ3v) is 4.75. The summed E-state index contributed by atoms with van der Waals surface area (Å²) in [6.07, 6.45) is 3.54. The number of nitrogens with zero attached hydrogens (tertiary/aromatic N) is 3. The molecule has 0 saturated carbocycles. The third-order valence-electron chi connectivity index (χ3n) is 4.75. The second kappa shape index (κ2) is 8.61. The molecule has 0 aliphatic carbocycles. The first-order valence-corrected chi connectivity index (χ1v) is 9.73. The number of benzene rings is 2. The Hall–Kier alpha value is -3.93. The van der Waals surface area contributed by atoms with Crippen LogP contribution in [0.15, 0.2) is 78.0 Å². The van der Waals surface area contributed by atoms with Crippen LogP contribution in [-0.4, -0.2) is 28.3 Å². The Labute approximate surface area is 174 Å². The van der Waals surface area contributed by atoms with Gasteiger partial charge in [0.2, 0.25) is 0 Å². The SMILES string of the molecule is CCOc1cccc(-c2cc(C(=O)NN=Cc3cccn3C)c3ccccc3n2)c1. The summed E-state index contributed by atoms with van der Waals surface area (Å²) < 4.78 is 7.52. The molecule has 4 aromatic rings. The van der Waals surface area contributed by atoms with Crippen molar-refractivity contribution in [2.24, 2.45) is 12.1 Å². The van der Waals surface area contributed by atoms with Gasteiger partial charge in [-0.1, -0.05) is 30.3 Å². The standard InChI is InChI=1S/C24H22N4O2/c1-3-30-19-10-6-8-17(14-19)23-15-21(20-11-4-5-12-22(20)26-23)24(29)27-25-16-18-9-7-13-28(18)2/h4-16H,3H2,1-2H3,(H,27,29). The first-order chi connectivity index (χ1) is 14.7. The molecule has 30 heavy (non-hydrogen) atoms. The molecule has 2 heterocycles. The predicted octanol–water partition coefficient (Wildman–Crippen LogP) is 4.40. The van der Waals surface area contributed by atoms with Crippen LogP contribution in [0, 0.1) is 0 Å². The topological polar surface area (TPSA) is 68.5 Å². The van der Waals surface area contributed by atoms with Crippen LogP contribution in [0.2, 0.25) is 0 Å². The molecule has 4 rings (SSSR count). The second-order valence-corrected chi connectivity index (χ2v) is 6.78. The number of fused-ring (bicyclic) bond motifs is 1. The van der Waals surface area contributed by atoms with Crippen LogP contribution in [0.25, 0.3) is 22.2 Å². The number of ether oxygens (including phenoxy) is 1. The fraction of sp³-hybridized carbons (Fsp3) is 0.125. The lowest BCUT2D eigenvalue weighted by molar-refractivity contribution is 0.0956. The van der Waals surface area contributed by atoms with Crippen LogP contribution in [0.3, 0.4) is 0 Å². The molecule has 0 atom stereocenters. The van der Waals surface area contributed by atoms with Gasteiger partial charge in [-0.15, -0.1) is 0 Å². The molecule has 0 aliphatic rings. The van der Waals surface area contributed by atoms with Gasteiger partial charge in [-0.05, 0) is 43.3 Å². The van der Waals surface area contributed by atoms with Gasteiger partial charge in [-0.25, -0.2) is 10.4 Å². The molecule has 0 radical (unpaired) electrons. The van der Waals surface area contributed by atoms with E-state index in [0.717, 1.165) is 27.9 Å². The van der Waals surface area contributed by atoms with E-state index in [9.17, 15) is 4.79 Å². The minimum Gasteiger partial charge on any atom is -0.494 e. The quantitative estimate of drug-likeness (QED) is 0.387. The number of rotatable bonds is 6. The molecule has 0 fully saturated rings. The minimum absolute atomic E-state index is 0.290. The lowest BCUT2D eigenvalue weighted by Crippen LogP contribution is -2.18. The average molecular weight is 398 g/mol. The largest absolute Gasteiger partial charge is 0.494 e. The second-order valence-electron chi connectivity index (χ2n) is 6.78. The maximum absolute atomic E-state index is 12.9. The first-order valence-electron chi connectivity index (χ1n) is 9.73. The lowest BCUT2D eigenvalue weighted by Gasteiger charge is -2.10. The van der Waals surface area contributed by atoms with E-state index in [4.69, 9.17) is 9.72 Å². The molecule has 0 bridgehead atoms. The van der Waals surface area contributed by atoms with Crippen molar-refractivity contribution in [3.05, 3.63) is 84.2 Å². The van der Waals surface area contributed by atoms with Crippen LogP contribution in [0.4, 0.5) is 0 Å². The van der Waals surface area contributed by atoms with Crippen molar-refractivity contribution < 1.29 is 9.53 Å². The maximum atomic E-state index is 12.9. The van der Waals surface area contributed by atoms with Crippen molar-refractivity contribution >= 4 is 23.0 Å². The number of amides is 1. The number of aryl methyl sites for hydroxylation is 1. The van der Waals surface area contributed by atoms with Crippen molar-refractivity contribution in [2.75, 3.05) is 6.61 Å². The summed E-state index contributed by atoms with van der Waals surface area (Å²) in [7, 11) is 1.92. The van der Waals surface area contributed by atoms with Gasteiger partial charge in [0.15, 0.2) is 0 Å². The number of hydrazone groups is 1. The van der Waals surface area contributed by atoms with Crippen LogP contribution < -0.4 is 10.2 Å². The molecular formula is C24H22N4O2. The Morgan fingerprint density at radius 2 is 2.00 bits per heavy atom. The van der Waals surface area contributed by atoms with E-state index in [1.165, 1.54) is 0 Å². The molecule has 6 nitrogen and oxygen atoms in total. The van der Waals surface area contributed by atoms with Gasteiger partial charge >= 0.3 is 0 Å². The summed E-state index contributed by atoms with van der Waals surface area (Å²) in [6.45, 7) is 2.53. The number of nitrogens with one attached hydrogen (secondary N) is 1. The number of hydrogen-bond donors (Lipinski definition) is 1. The highest BCUT2D eigenvalue weighted by Gasteiger charge is 2.14. The fourth-order valence-corrected chi connectivity index (χ4v) is 3.25. The van der Waals surface area contributed by atoms with Crippen LogP contribution >= 0.6 is 0 Å². The van der Waals surface area contributed by atoms with Crippen LogP contribution in [-0.2, 0) is 7.05 Å². The Morgan fingerprint density at radius 3 is 2.80 bits per heavy atom. The zero-order valence-electron chi connectivity index (χ0n) is 16.9. The Morgan fingerprint density at radius 1 is 1.13 bits per heavy atom. The van der Waals surface area contributed by atoms with Gasteiger partial charge < -0.3 is 9.30 Å². The molecule has 1 N–H and O–H groups in total. The zero-order valence-corrected chi connectivity index (χ0v) is 16.9. The zero-order chi connectivity index (χ0) is 20.9. The summed E-state index contributed by atoms with van der Waals surface area (Å²) in [6, 6.07) is 20.9. The number of aromatic nitrogens is 2. The fourth-order valence-electron chi connectivity index (χ4n) is 3.25. The number of carbonyl (C=O) groups excluding carboxylic acids is 1. The van der Waals surface area contributed by atoms with E-state index in [2.05, 4.69) is 10.5 Å². The van der Waals surface area contributed by atoms with Crippen molar-refractivity contribution in [3.63, 3.8) is 0 Å². The number of hydrogen-bond acceptors (Lipinski definition) is 4. The molecule has 150 valence electrons. The Bertz CT molecular complexity index is 1230. The van der Waals surface area contributed by atoms with Gasteiger partial charge in [-0.3, -0.25) is 4.79 Å². The van der Waals surface area contributed by atoms with Crippen molar-refractivity contribution in [3.8, 4) is 17.0 Å². The predicted molar refractivity (Wildman–Crippen MR) is 119 cm³/mol. The molecule has 0 aliphatic heterocycles. The molecule has 6 heteroatoms. The highest BCUT2D eigenvalue weighted by atomic mass is 16.5. The van der Waals surface area contributed by atoms with Crippen molar-refractivity contribution in [1.29, 1.82) is 0 Å². The van der Waals surface area contributed by atoms with Crippen LogP contribution in [0.5, 0.6) is 5.75 Å². The maximum Gasteiger partial charge on any atom is 0.272 e. The summed E-state index contributed by atoms with van der Waals surface area (Å²) in [5.74, 6) is 0.476. The van der Waals surface area contributed by atoms with Gasteiger partial charge in [0.25, 0.3) is 5.91 Å². The third kappa shape index (κ3) is 4.07. The highest BCUT2D eigenvalue weighted by molar-refractivity contribution is 6.07. The smallest absolute Gasteiger partial charge is 0.272 e. The Balaban J connectivity index is 1.70. The number of carbonyl (C=O) groups is 1. The molecule has 0 unspecified atom stereocenters. The minimum atomic E-state index is -0.290. The number of pyridine rings is 1. The van der Waals surface area contributed by atoms with Gasteiger partial charge in [0.05, 0.1) is 35.3 Å². The van der Waals surface area contributed by atoms with Gasteiger partial charge in [0.1, 0.15) is 5.75 Å². The van der Waals surface area contributed by atoms with E-state index in [-0.39, 0.29) is 5.91 Å². The lowest BCUT2D eigenvalue weighted by atomic mass is 10.0. The highest BCUT2D eigenvalue weighted by Crippen LogP contribution is 2.27. The molecule has 2 aromatic carbocycles. The van der Waals surface area contributed by atoms with Crippen molar-refractivity contribution in [2.45, 2.75) is 6.92 Å². The summed E-state index contributed by atoms with van der Waals surface area (Å²) in [5.41, 5.74) is 6.37. The van der Waals surface area contributed by atoms with Crippen molar-refractivity contribution in [1.82, 2.24) is 15.0 Å². The Kier molecular flexibility index (Phi) is 5.57. The van der Waals surface area contributed by atoms with E-state index in [1.54, 1.807) is 12.3 Å². The summed E-state index contributed by atoms with van der Waals surface area (Å²) in [5, 5.41) is 4.88. The summed E-state index contributed by atoms with van der Waals surface area (Å²) in [4.78, 5) is 17.7. The number of para-hydroxylation sites is 1. The molecule has 2 aromatic heterocycles. The van der Waals surface area contributed by atoms with E-state index >= 15 is 0 Å². The van der Waals surface area contributed by atoms with Gasteiger partial charge in [0, 0.05) is 24.2 Å². The molecule has 0 spiro atoms. The van der Waals surface area contributed by atoms with E-state index in [1.807, 2.05) is 85.4 Å². The molecule has 1 amide bonds. The first kappa shape index (κ1) is 19.4. The molecular weight excluding hydrogens is 376 g/mol. The normalized spacial score (nSPS) is 11.1. The monoisotopic (exact) mass is 398 g/mol. The van der Waals surface area contributed by atoms with E-state index in [0.29, 0.717) is 17.9 Å².